The molecule has 5 heterocycles. The lowest BCUT2D eigenvalue weighted by atomic mass is 9.86. The van der Waals surface area contributed by atoms with Gasteiger partial charge in [0.25, 0.3) is 11.5 Å². The Labute approximate surface area is 225 Å². The van der Waals surface area contributed by atoms with Crippen LogP contribution >= 0.6 is 11.3 Å². The minimum atomic E-state index is -0.822. The first-order valence-electron chi connectivity index (χ1n) is 13.2. The standard InChI is InChI=1S/C27H33N7O3S/c1-14-10-18(26(37)34-21(14)23(35)31-27(34,3)4)30-22-20-17-7-6-16(11-19(17)38-24(20)29-13-28-22)25(36)33-9-8-32(5)15(2)12-33/h10,13,15-16H,6-9,11-12H2,1-5H3,(H,31,35)(H,28,29,30)/t15-,16+/m1/s1. The second kappa shape index (κ2) is 8.88. The maximum absolute atomic E-state index is 13.5. The number of likely N-dealkylation sites (N-methyl/N-ethyl adjacent to an activating group) is 1. The van der Waals surface area contributed by atoms with E-state index in [1.54, 1.807) is 17.4 Å². The van der Waals surface area contributed by atoms with Gasteiger partial charge in [0.15, 0.2) is 0 Å². The van der Waals surface area contributed by atoms with Gasteiger partial charge >= 0.3 is 0 Å². The van der Waals surface area contributed by atoms with Crippen molar-refractivity contribution in [1.82, 2.24) is 29.7 Å². The van der Waals surface area contributed by atoms with Gasteiger partial charge in [-0.2, -0.15) is 0 Å². The Morgan fingerprint density at radius 2 is 2.03 bits per heavy atom. The molecule has 0 saturated carbocycles. The van der Waals surface area contributed by atoms with Crippen molar-refractivity contribution >= 4 is 44.9 Å². The van der Waals surface area contributed by atoms with E-state index in [4.69, 9.17) is 0 Å². The first kappa shape index (κ1) is 25.0. The van der Waals surface area contributed by atoms with Gasteiger partial charge in [0, 0.05) is 36.5 Å². The molecule has 6 rings (SSSR count). The number of anilines is 2. The first-order chi connectivity index (χ1) is 18.0. The van der Waals surface area contributed by atoms with E-state index in [1.165, 1.54) is 21.3 Å². The van der Waals surface area contributed by atoms with Crippen molar-refractivity contribution < 1.29 is 9.59 Å². The van der Waals surface area contributed by atoms with E-state index in [9.17, 15) is 14.4 Å². The molecule has 10 nitrogen and oxygen atoms in total. The van der Waals surface area contributed by atoms with Gasteiger partial charge in [-0.25, -0.2) is 9.97 Å². The Morgan fingerprint density at radius 3 is 2.79 bits per heavy atom. The second-order valence-electron chi connectivity index (χ2n) is 11.3. The number of aromatic nitrogens is 3. The fourth-order valence-corrected chi connectivity index (χ4v) is 7.36. The number of carbonyl (C=O) groups is 2. The number of aryl methyl sites for hydroxylation is 2. The summed E-state index contributed by atoms with van der Waals surface area (Å²) in [7, 11) is 2.11. The summed E-state index contributed by atoms with van der Waals surface area (Å²) >= 11 is 1.61. The van der Waals surface area contributed by atoms with Crippen LogP contribution in [-0.2, 0) is 23.3 Å². The van der Waals surface area contributed by atoms with E-state index in [1.807, 2.05) is 25.7 Å². The van der Waals surface area contributed by atoms with Crippen LogP contribution in [0.2, 0.25) is 0 Å². The fraction of sp³-hybridized carbons (Fsp3) is 0.519. The first-order valence-corrected chi connectivity index (χ1v) is 14.0. The molecule has 2 atom stereocenters. The number of carbonyl (C=O) groups excluding carboxylic acids is 2. The molecule has 11 heteroatoms. The summed E-state index contributed by atoms with van der Waals surface area (Å²) in [6, 6.07) is 2.08. The Kier molecular flexibility index (Phi) is 5.84. The van der Waals surface area contributed by atoms with Crippen molar-refractivity contribution in [3.63, 3.8) is 0 Å². The Morgan fingerprint density at radius 1 is 1.24 bits per heavy atom. The van der Waals surface area contributed by atoms with Gasteiger partial charge in [0.05, 0.1) is 5.39 Å². The zero-order chi connectivity index (χ0) is 26.9. The molecule has 0 spiro atoms. The van der Waals surface area contributed by atoms with Gasteiger partial charge in [-0.1, -0.05) is 0 Å². The number of nitrogens with one attached hydrogen (secondary N) is 2. The van der Waals surface area contributed by atoms with Gasteiger partial charge in [-0.3, -0.25) is 19.0 Å². The molecule has 38 heavy (non-hydrogen) atoms. The Hall–Kier alpha value is -3.31. The average molecular weight is 536 g/mol. The lowest BCUT2D eigenvalue weighted by molar-refractivity contribution is -0.138. The molecule has 1 aliphatic carbocycles. The smallest absolute Gasteiger partial charge is 0.276 e. The van der Waals surface area contributed by atoms with Crippen LogP contribution in [0.25, 0.3) is 10.2 Å². The Balaban J connectivity index is 1.31. The highest BCUT2D eigenvalue weighted by molar-refractivity contribution is 7.19. The predicted molar refractivity (Wildman–Crippen MR) is 147 cm³/mol. The second-order valence-corrected chi connectivity index (χ2v) is 12.4. The summed E-state index contributed by atoms with van der Waals surface area (Å²) in [6.07, 6.45) is 3.77. The van der Waals surface area contributed by atoms with E-state index in [0.717, 1.165) is 42.7 Å². The third kappa shape index (κ3) is 3.90. The molecule has 2 amide bonds. The van der Waals surface area contributed by atoms with Crippen LogP contribution in [0.15, 0.2) is 17.2 Å². The number of thiophene rings is 1. The lowest BCUT2D eigenvalue weighted by Gasteiger charge is -2.39. The molecule has 3 aliphatic rings. The number of pyridine rings is 1. The van der Waals surface area contributed by atoms with E-state index in [-0.39, 0.29) is 23.3 Å². The highest BCUT2D eigenvalue weighted by Crippen LogP contribution is 2.41. The van der Waals surface area contributed by atoms with Crippen LogP contribution < -0.4 is 16.2 Å². The third-order valence-electron chi connectivity index (χ3n) is 8.30. The molecular weight excluding hydrogens is 502 g/mol. The number of piperazine rings is 1. The SMILES string of the molecule is Cc1cc(Nc2ncnc3sc4c(c23)CC[C@H](C(=O)N2CCN(C)[C@H](C)C2)C4)c(=O)n2c1C(=O)NC2(C)C. The molecule has 2 aliphatic heterocycles. The predicted octanol–water partition coefficient (Wildman–Crippen LogP) is 2.61. The third-order valence-corrected chi connectivity index (χ3v) is 9.47. The molecule has 200 valence electrons. The van der Waals surface area contributed by atoms with Gasteiger partial charge in [0.2, 0.25) is 5.91 Å². The van der Waals surface area contributed by atoms with Gasteiger partial charge < -0.3 is 20.4 Å². The molecule has 3 aromatic heterocycles. The van der Waals surface area contributed by atoms with Crippen LogP contribution in [0.1, 0.15) is 53.7 Å². The highest BCUT2D eigenvalue weighted by atomic mass is 32.1. The van der Waals surface area contributed by atoms with Crippen molar-refractivity contribution in [3.8, 4) is 0 Å². The van der Waals surface area contributed by atoms with Crippen LogP contribution in [0.4, 0.5) is 11.5 Å². The van der Waals surface area contributed by atoms with Crippen molar-refractivity contribution in [1.29, 1.82) is 0 Å². The van der Waals surface area contributed by atoms with Gasteiger partial charge in [0.1, 0.15) is 34.0 Å². The summed E-state index contributed by atoms with van der Waals surface area (Å²) in [5.41, 5.74) is 1.53. The fourth-order valence-electron chi connectivity index (χ4n) is 6.09. The summed E-state index contributed by atoms with van der Waals surface area (Å²) in [4.78, 5) is 54.7. The molecule has 1 fully saturated rings. The molecular formula is C27H33N7O3S. The normalized spacial score (nSPS) is 22.8. The average Bonchev–Trinajstić information content (AvgIpc) is 3.36. The molecule has 0 unspecified atom stereocenters. The topological polar surface area (TPSA) is 112 Å². The lowest BCUT2D eigenvalue weighted by Crippen LogP contribution is -2.53. The molecule has 3 aromatic rings. The van der Waals surface area contributed by atoms with Gasteiger partial charge in [-0.05, 0) is 71.2 Å². The monoisotopic (exact) mass is 535 g/mol. The zero-order valence-corrected chi connectivity index (χ0v) is 23.2. The number of hydrogen-bond donors (Lipinski definition) is 2. The zero-order valence-electron chi connectivity index (χ0n) is 22.4. The summed E-state index contributed by atoms with van der Waals surface area (Å²) < 4.78 is 1.52. The minimum absolute atomic E-state index is 0.0215. The largest absolute Gasteiger partial charge is 0.340 e. The molecule has 2 N–H and O–H groups in total. The number of fused-ring (bicyclic) bond motifs is 4. The summed E-state index contributed by atoms with van der Waals surface area (Å²) in [5.74, 6) is 0.566. The van der Waals surface area contributed by atoms with Gasteiger partial charge in [-0.15, -0.1) is 11.3 Å². The van der Waals surface area contributed by atoms with Crippen LogP contribution in [0.3, 0.4) is 0 Å². The van der Waals surface area contributed by atoms with E-state index < -0.39 is 5.66 Å². The quantitative estimate of drug-likeness (QED) is 0.530. The van der Waals surface area contributed by atoms with Crippen LogP contribution in [-0.4, -0.2) is 68.9 Å². The number of hydrogen-bond acceptors (Lipinski definition) is 8. The maximum Gasteiger partial charge on any atom is 0.276 e. The maximum atomic E-state index is 13.5. The number of amides is 2. The van der Waals surface area contributed by atoms with Crippen molar-refractivity contribution in [2.75, 3.05) is 32.0 Å². The highest BCUT2D eigenvalue weighted by Gasteiger charge is 2.38. The number of rotatable bonds is 3. The van der Waals surface area contributed by atoms with E-state index in [0.29, 0.717) is 35.2 Å². The van der Waals surface area contributed by atoms with Crippen molar-refractivity contribution in [3.05, 3.63) is 44.4 Å². The van der Waals surface area contributed by atoms with E-state index in [2.05, 4.69) is 39.5 Å². The molecule has 0 aromatic carbocycles. The van der Waals surface area contributed by atoms with Crippen LogP contribution in [0.5, 0.6) is 0 Å². The van der Waals surface area contributed by atoms with Crippen molar-refractivity contribution in [2.24, 2.45) is 5.92 Å². The number of nitrogens with zero attached hydrogens (tertiary/aromatic N) is 5. The molecule has 0 radical (unpaired) electrons. The van der Waals surface area contributed by atoms with E-state index >= 15 is 0 Å². The van der Waals surface area contributed by atoms with Crippen LogP contribution in [0, 0.1) is 12.8 Å². The Bertz CT molecular complexity index is 1540. The molecule has 0 bridgehead atoms. The summed E-state index contributed by atoms with van der Waals surface area (Å²) in [5, 5.41) is 7.07. The van der Waals surface area contributed by atoms with Crippen molar-refractivity contribution in [2.45, 2.75) is 58.7 Å². The molecule has 1 saturated heterocycles. The summed E-state index contributed by atoms with van der Waals surface area (Å²) in [6.45, 7) is 10.1. The minimum Gasteiger partial charge on any atom is -0.340 e.